The van der Waals surface area contributed by atoms with Crippen LogP contribution in [-0.2, 0) is 9.59 Å². The fraction of sp³-hybridized carbons (Fsp3) is 0.724. The van der Waals surface area contributed by atoms with E-state index in [9.17, 15) is 9.59 Å². The van der Waals surface area contributed by atoms with Crippen molar-refractivity contribution in [2.75, 3.05) is 20.3 Å². The van der Waals surface area contributed by atoms with E-state index >= 15 is 0 Å². The van der Waals surface area contributed by atoms with Gasteiger partial charge in [-0.25, -0.2) is 0 Å². The number of ether oxygens (including phenoxy) is 2. The second-order valence-corrected chi connectivity index (χ2v) is 10.6. The van der Waals surface area contributed by atoms with Crippen LogP contribution in [0.25, 0.3) is 0 Å². The van der Waals surface area contributed by atoms with Crippen LogP contribution in [0, 0.1) is 0 Å². The number of benzene rings is 1. The van der Waals surface area contributed by atoms with Gasteiger partial charge in [-0.1, -0.05) is 70.8 Å². The number of hydrogen-bond acceptors (Lipinski definition) is 4. The van der Waals surface area contributed by atoms with E-state index in [1.54, 1.807) is 7.11 Å². The Kier molecular flexibility index (Phi) is 9.33. The van der Waals surface area contributed by atoms with E-state index in [4.69, 9.17) is 9.47 Å². The summed E-state index contributed by atoms with van der Waals surface area (Å²) < 4.78 is 11.5. The van der Waals surface area contributed by atoms with Gasteiger partial charge in [-0.2, -0.15) is 0 Å². The predicted molar refractivity (Wildman–Crippen MR) is 138 cm³/mol. The van der Waals surface area contributed by atoms with Gasteiger partial charge in [-0.05, 0) is 49.8 Å². The first-order chi connectivity index (χ1) is 17.1. The normalized spacial score (nSPS) is 23.5. The van der Waals surface area contributed by atoms with Crippen molar-refractivity contribution in [1.82, 2.24) is 9.80 Å². The maximum atomic E-state index is 14.2. The first-order valence-electron chi connectivity index (χ1n) is 14.1. The molecule has 2 saturated carbocycles. The van der Waals surface area contributed by atoms with Crippen molar-refractivity contribution in [3.8, 4) is 11.5 Å². The van der Waals surface area contributed by atoms with E-state index in [0.717, 1.165) is 63.4 Å². The monoisotopic (exact) mass is 484 g/mol. The van der Waals surface area contributed by atoms with E-state index < -0.39 is 6.04 Å². The number of nitrogens with zero attached hydrogens (tertiary/aromatic N) is 2. The molecule has 0 radical (unpaired) electrons. The summed E-state index contributed by atoms with van der Waals surface area (Å²) in [6.45, 7) is 2.91. The van der Waals surface area contributed by atoms with E-state index in [0.29, 0.717) is 18.1 Å². The second kappa shape index (κ2) is 12.6. The Morgan fingerprint density at radius 3 is 2.03 bits per heavy atom. The molecule has 2 amide bonds. The highest BCUT2D eigenvalue weighted by Crippen LogP contribution is 2.39. The van der Waals surface area contributed by atoms with Crippen LogP contribution in [0.3, 0.4) is 0 Å². The van der Waals surface area contributed by atoms with Gasteiger partial charge in [0, 0.05) is 12.1 Å². The topological polar surface area (TPSA) is 59.1 Å². The van der Waals surface area contributed by atoms with E-state index in [1.165, 1.54) is 32.1 Å². The number of carbonyl (C=O) groups excluding carboxylic acids is 2. The lowest BCUT2D eigenvalue weighted by molar-refractivity contribution is -0.162. The van der Waals surface area contributed by atoms with Crippen molar-refractivity contribution in [3.05, 3.63) is 23.8 Å². The molecular weight excluding hydrogens is 440 g/mol. The van der Waals surface area contributed by atoms with Crippen molar-refractivity contribution >= 4 is 11.8 Å². The van der Waals surface area contributed by atoms with Crippen LogP contribution >= 0.6 is 0 Å². The second-order valence-electron chi connectivity index (χ2n) is 10.6. The molecule has 194 valence electrons. The zero-order valence-electron chi connectivity index (χ0n) is 21.8. The Balaban J connectivity index is 1.69. The summed E-state index contributed by atoms with van der Waals surface area (Å²) in [6, 6.07) is 5.50. The van der Waals surface area contributed by atoms with E-state index in [-0.39, 0.29) is 30.4 Å². The van der Waals surface area contributed by atoms with E-state index in [1.807, 2.05) is 28.0 Å². The third-order valence-electron chi connectivity index (χ3n) is 8.09. The molecule has 3 aliphatic rings. The molecule has 1 atom stereocenters. The summed E-state index contributed by atoms with van der Waals surface area (Å²) in [6.07, 6.45) is 15.5. The molecule has 1 heterocycles. The molecule has 1 aromatic carbocycles. The largest absolute Gasteiger partial charge is 0.493 e. The first-order valence-corrected chi connectivity index (χ1v) is 14.1. The highest BCUT2D eigenvalue weighted by atomic mass is 16.5. The number of amides is 2. The van der Waals surface area contributed by atoms with Crippen LogP contribution in [0.2, 0.25) is 0 Å². The van der Waals surface area contributed by atoms with Crippen LogP contribution in [0.1, 0.15) is 108 Å². The SMILES string of the molecule is CCCOc1ccc(C2C(=O)N(C3CCCCCC3)CC(=O)N2C2CCCCCCC2)cc1OC. The van der Waals surface area contributed by atoms with Gasteiger partial charge in [-0.3, -0.25) is 9.59 Å². The van der Waals surface area contributed by atoms with Crippen molar-refractivity contribution in [2.24, 2.45) is 0 Å². The molecule has 6 heteroatoms. The van der Waals surface area contributed by atoms with Gasteiger partial charge in [0.1, 0.15) is 12.6 Å². The fourth-order valence-corrected chi connectivity index (χ4v) is 6.22. The molecule has 0 N–H and O–H groups in total. The Morgan fingerprint density at radius 2 is 1.43 bits per heavy atom. The van der Waals surface area contributed by atoms with Crippen molar-refractivity contribution in [2.45, 2.75) is 115 Å². The van der Waals surface area contributed by atoms with Crippen molar-refractivity contribution < 1.29 is 19.1 Å². The highest BCUT2D eigenvalue weighted by Gasteiger charge is 2.45. The molecule has 1 aliphatic heterocycles. The lowest BCUT2D eigenvalue weighted by Crippen LogP contribution is -2.60. The number of carbonyl (C=O) groups is 2. The average Bonchev–Trinajstić information content (AvgIpc) is 3.13. The first kappa shape index (κ1) is 25.8. The third-order valence-corrected chi connectivity index (χ3v) is 8.09. The molecule has 1 aromatic rings. The number of piperazine rings is 1. The summed E-state index contributed by atoms with van der Waals surface area (Å²) in [5, 5.41) is 0. The minimum absolute atomic E-state index is 0.0860. The number of hydrogen-bond donors (Lipinski definition) is 0. The lowest BCUT2D eigenvalue weighted by Gasteiger charge is -2.47. The Bertz CT molecular complexity index is 841. The Hall–Kier alpha value is -2.24. The summed E-state index contributed by atoms with van der Waals surface area (Å²) in [7, 11) is 1.64. The lowest BCUT2D eigenvalue weighted by atomic mass is 9.90. The van der Waals surface area contributed by atoms with Gasteiger partial charge in [0.25, 0.3) is 5.91 Å². The average molecular weight is 485 g/mol. The molecule has 0 bridgehead atoms. The van der Waals surface area contributed by atoms with E-state index in [2.05, 4.69) is 6.92 Å². The Morgan fingerprint density at radius 1 is 0.829 bits per heavy atom. The molecule has 0 aromatic heterocycles. The molecule has 1 unspecified atom stereocenters. The van der Waals surface area contributed by atoms with Gasteiger partial charge in [0.2, 0.25) is 5.91 Å². The molecule has 4 rings (SSSR count). The molecular formula is C29H44N2O4. The number of rotatable bonds is 7. The van der Waals surface area contributed by atoms with Gasteiger partial charge < -0.3 is 19.3 Å². The maximum Gasteiger partial charge on any atom is 0.250 e. The Labute approximate surface area is 211 Å². The van der Waals surface area contributed by atoms with Crippen molar-refractivity contribution in [3.63, 3.8) is 0 Å². The maximum absolute atomic E-state index is 14.2. The molecule has 0 spiro atoms. The standard InChI is InChI=1S/C29H44N2O4/c1-3-19-35-25-18-17-22(20-26(25)34-2)28-29(33)30(23-13-9-7-8-10-14-23)21-27(32)31(28)24-15-11-5-4-6-12-16-24/h17-18,20,23-24,28H,3-16,19,21H2,1-2H3. The molecule has 3 fully saturated rings. The van der Waals surface area contributed by atoms with Gasteiger partial charge in [0.05, 0.1) is 13.7 Å². The predicted octanol–water partition coefficient (Wildman–Crippen LogP) is 6.03. The highest BCUT2D eigenvalue weighted by molar-refractivity contribution is 5.96. The van der Waals surface area contributed by atoms with Gasteiger partial charge in [0.15, 0.2) is 11.5 Å². The molecule has 1 saturated heterocycles. The third kappa shape index (κ3) is 6.13. The van der Waals surface area contributed by atoms with Gasteiger partial charge >= 0.3 is 0 Å². The minimum Gasteiger partial charge on any atom is -0.493 e. The zero-order valence-corrected chi connectivity index (χ0v) is 21.8. The van der Waals surface area contributed by atoms with Crippen molar-refractivity contribution in [1.29, 1.82) is 0 Å². The molecule has 2 aliphatic carbocycles. The molecule has 6 nitrogen and oxygen atoms in total. The zero-order chi connectivity index (χ0) is 24.6. The van der Waals surface area contributed by atoms with Crippen LogP contribution in [0.4, 0.5) is 0 Å². The fourth-order valence-electron chi connectivity index (χ4n) is 6.22. The number of methoxy groups -OCH3 is 1. The minimum atomic E-state index is -0.585. The summed E-state index contributed by atoms with van der Waals surface area (Å²) >= 11 is 0. The van der Waals surface area contributed by atoms with Crippen LogP contribution < -0.4 is 9.47 Å². The summed E-state index contributed by atoms with van der Waals surface area (Å²) in [5.41, 5.74) is 0.837. The van der Waals surface area contributed by atoms with Crippen LogP contribution in [0.5, 0.6) is 11.5 Å². The summed E-state index contributed by atoms with van der Waals surface area (Å²) in [4.78, 5) is 31.9. The van der Waals surface area contributed by atoms with Gasteiger partial charge in [-0.15, -0.1) is 0 Å². The summed E-state index contributed by atoms with van der Waals surface area (Å²) in [5.74, 6) is 1.50. The quantitative estimate of drug-likeness (QED) is 0.443. The van der Waals surface area contributed by atoms with Crippen LogP contribution in [-0.4, -0.2) is 54.0 Å². The molecule has 35 heavy (non-hydrogen) atoms. The smallest absolute Gasteiger partial charge is 0.250 e. The van der Waals surface area contributed by atoms with Crippen LogP contribution in [0.15, 0.2) is 18.2 Å².